The zero-order valence-electron chi connectivity index (χ0n) is 13.4. The Balaban J connectivity index is 1.87. The van der Waals surface area contributed by atoms with Crippen LogP contribution in [0, 0.1) is 5.92 Å². The molecule has 1 unspecified atom stereocenters. The van der Waals surface area contributed by atoms with Crippen LogP contribution in [0.2, 0.25) is 0 Å². The molecular weight excluding hydrogens is 314 g/mol. The third kappa shape index (κ3) is 5.02. The lowest BCUT2D eigenvalue weighted by molar-refractivity contribution is -0.125. The van der Waals surface area contributed by atoms with E-state index in [9.17, 15) is 13.2 Å². The fourth-order valence-electron chi connectivity index (χ4n) is 2.60. The Morgan fingerprint density at radius 3 is 2.48 bits per heavy atom. The second-order valence-electron chi connectivity index (χ2n) is 6.06. The van der Waals surface area contributed by atoms with Gasteiger partial charge in [0.25, 0.3) is 0 Å². The molecule has 2 rings (SSSR count). The Labute approximate surface area is 138 Å². The topological polar surface area (TPSA) is 92.5 Å². The first-order valence-corrected chi connectivity index (χ1v) is 9.55. The summed E-state index contributed by atoms with van der Waals surface area (Å²) < 4.78 is 26.4. The number of nitrogens with zero attached hydrogens (tertiary/aromatic N) is 1. The number of carbonyl (C=O) groups is 1. The summed E-state index contributed by atoms with van der Waals surface area (Å²) in [6.45, 7) is 2.99. The van der Waals surface area contributed by atoms with Gasteiger partial charge in [-0.25, -0.2) is 12.7 Å². The van der Waals surface area contributed by atoms with Crippen molar-refractivity contribution < 1.29 is 13.2 Å². The molecule has 0 aromatic heterocycles. The first-order valence-electron chi connectivity index (χ1n) is 7.94. The van der Waals surface area contributed by atoms with Crippen LogP contribution in [0.4, 0.5) is 0 Å². The molecule has 0 saturated carbocycles. The molecule has 1 aromatic carbocycles. The Morgan fingerprint density at radius 1 is 1.30 bits per heavy atom. The SMILES string of the molecule is CC(CN)C(=O)NC1CCN(S(=O)(=O)Cc2ccccc2)CC1. The molecule has 1 aliphatic rings. The molecule has 7 heteroatoms. The van der Waals surface area contributed by atoms with Gasteiger partial charge in [-0.05, 0) is 18.4 Å². The monoisotopic (exact) mass is 339 g/mol. The minimum Gasteiger partial charge on any atom is -0.353 e. The van der Waals surface area contributed by atoms with Gasteiger partial charge in [-0.1, -0.05) is 37.3 Å². The number of piperidine rings is 1. The van der Waals surface area contributed by atoms with Crippen LogP contribution >= 0.6 is 0 Å². The van der Waals surface area contributed by atoms with Gasteiger partial charge in [0.1, 0.15) is 0 Å². The molecular formula is C16H25N3O3S. The molecule has 1 amide bonds. The second-order valence-corrected chi connectivity index (χ2v) is 8.03. The summed E-state index contributed by atoms with van der Waals surface area (Å²) in [5, 5.41) is 2.95. The predicted molar refractivity (Wildman–Crippen MR) is 90.0 cm³/mol. The number of amides is 1. The Hall–Kier alpha value is -1.44. The number of sulfonamides is 1. The molecule has 6 nitrogen and oxygen atoms in total. The lowest BCUT2D eigenvalue weighted by atomic mass is 10.1. The van der Waals surface area contributed by atoms with Crippen molar-refractivity contribution in [2.24, 2.45) is 11.7 Å². The molecule has 1 aliphatic heterocycles. The van der Waals surface area contributed by atoms with Crippen LogP contribution in [-0.2, 0) is 20.6 Å². The Bertz CT molecular complexity index is 611. The highest BCUT2D eigenvalue weighted by Gasteiger charge is 2.29. The van der Waals surface area contributed by atoms with Crippen LogP contribution in [0.15, 0.2) is 30.3 Å². The molecule has 1 saturated heterocycles. The standard InChI is InChI=1S/C16H25N3O3S/c1-13(11-17)16(20)18-15-7-9-19(10-8-15)23(21,22)12-14-5-3-2-4-6-14/h2-6,13,15H,7-12,17H2,1H3,(H,18,20). The Kier molecular flexibility index (Phi) is 6.15. The number of benzene rings is 1. The van der Waals surface area contributed by atoms with Crippen molar-refractivity contribution in [1.82, 2.24) is 9.62 Å². The first kappa shape index (κ1) is 17.9. The summed E-state index contributed by atoms with van der Waals surface area (Å²) in [6, 6.07) is 9.21. The lowest BCUT2D eigenvalue weighted by Crippen LogP contribution is -2.48. The molecule has 23 heavy (non-hydrogen) atoms. The maximum Gasteiger partial charge on any atom is 0.224 e. The zero-order valence-corrected chi connectivity index (χ0v) is 14.3. The molecule has 0 spiro atoms. The normalized spacial score (nSPS) is 18.5. The predicted octanol–water partition coefficient (Wildman–Crippen LogP) is 0.692. The van der Waals surface area contributed by atoms with Gasteiger partial charge in [-0.2, -0.15) is 0 Å². The van der Waals surface area contributed by atoms with E-state index in [-0.39, 0.29) is 23.6 Å². The zero-order chi connectivity index (χ0) is 16.9. The fraction of sp³-hybridized carbons (Fsp3) is 0.562. The molecule has 3 N–H and O–H groups in total. The summed E-state index contributed by atoms with van der Waals surface area (Å²) in [5.74, 6) is -0.248. The van der Waals surface area contributed by atoms with Crippen LogP contribution in [-0.4, -0.2) is 44.3 Å². The van der Waals surface area contributed by atoms with Gasteiger partial charge in [0, 0.05) is 31.6 Å². The van der Waals surface area contributed by atoms with Crippen LogP contribution in [0.25, 0.3) is 0 Å². The Morgan fingerprint density at radius 2 is 1.91 bits per heavy atom. The number of nitrogens with one attached hydrogen (secondary N) is 1. The number of nitrogens with two attached hydrogens (primary N) is 1. The van der Waals surface area contributed by atoms with Crippen LogP contribution in [0.3, 0.4) is 0 Å². The van der Waals surface area contributed by atoms with E-state index in [1.807, 2.05) is 30.3 Å². The molecule has 1 heterocycles. The van der Waals surface area contributed by atoms with Crippen LogP contribution in [0.1, 0.15) is 25.3 Å². The van der Waals surface area contributed by atoms with Crippen molar-refractivity contribution >= 4 is 15.9 Å². The van der Waals surface area contributed by atoms with Crippen molar-refractivity contribution in [2.45, 2.75) is 31.6 Å². The van der Waals surface area contributed by atoms with Crippen molar-refractivity contribution in [2.75, 3.05) is 19.6 Å². The van der Waals surface area contributed by atoms with E-state index < -0.39 is 10.0 Å². The van der Waals surface area contributed by atoms with Gasteiger partial charge in [0.15, 0.2) is 0 Å². The molecule has 128 valence electrons. The number of hydrogen-bond donors (Lipinski definition) is 2. The molecule has 0 radical (unpaired) electrons. The molecule has 1 atom stereocenters. The number of rotatable bonds is 6. The van der Waals surface area contributed by atoms with E-state index in [0.717, 1.165) is 5.56 Å². The average molecular weight is 339 g/mol. The maximum atomic E-state index is 12.5. The van der Waals surface area contributed by atoms with Crippen molar-refractivity contribution in [3.05, 3.63) is 35.9 Å². The van der Waals surface area contributed by atoms with Gasteiger partial charge in [0.2, 0.25) is 15.9 Å². The highest BCUT2D eigenvalue weighted by molar-refractivity contribution is 7.88. The first-order chi connectivity index (χ1) is 10.9. The van der Waals surface area contributed by atoms with Gasteiger partial charge >= 0.3 is 0 Å². The fourth-order valence-corrected chi connectivity index (χ4v) is 4.17. The molecule has 1 fully saturated rings. The number of hydrogen-bond acceptors (Lipinski definition) is 4. The summed E-state index contributed by atoms with van der Waals surface area (Å²) in [4.78, 5) is 11.8. The summed E-state index contributed by atoms with van der Waals surface area (Å²) in [5.41, 5.74) is 6.27. The van der Waals surface area contributed by atoms with Gasteiger partial charge in [-0.15, -0.1) is 0 Å². The van der Waals surface area contributed by atoms with E-state index in [0.29, 0.717) is 32.5 Å². The smallest absolute Gasteiger partial charge is 0.224 e. The molecule has 0 bridgehead atoms. The second kappa shape index (κ2) is 7.90. The third-order valence-electron chi connectivity index (χ3n) is 4.19. The molecule has 1 aromatic rings. The maximum absolute atomic E-state index is 12.5. The summed E-state index contributed by atoms with van der Waals surface area (Å²) >= 11 is 0. The summed E-state index contributed by atoms with van der Waals surface area (Å²) in [6.07, 6.45) is 1.27. The van der Waals surface area contributed by atoms with Gasteiger partial charge < -0.3 is 11.1 Å². The average Bonchev–Trinajstić information content (AvgIpc) is 2.55. The minimum atomic E-state index is -3.31. The van der Waals surface area contributed by atoms with Gasteiger partial charge in [-0.3, -0.25) is 4.79 Å². The summed E-state index contributed by atoms with van der Waals surface area (Å²) in [7, 11) is -3.31. The lowest BCUT2D eigenvalue weighted by Gasteiger charge is -2.32. The van der Waals surface area contributed by atoms with Crippen molar-refractivity contribution in [3.63, 3.8) is 0 Å². The number of carbonyl (C=O) groups excluding carboxylic acids is 1. The largest absolute Gasteiger partial charge is 0.353 e. The third-order valence-corrected chi connectivity index (χ3v) is 6.04. The highest BCUT2D eigenvalue weighted by atomic mass is 32.2. The van der Waals surface area contributed by atoms with E-state index in [1.54, 1.807) is 6.92 Å². The van der Waals surface area contributed by atoms with Crippen LogP contribution < -0.4 is 11.1 Å². The highest BCUT2D eigenvalue weighted by Crippen LogP contribution is 2.18. The quantitative estimate of drug-likeness (QED) is 0.797. The van der Waals surface area contributed by atoms with E-state index >= 15 is 0 Å². The van der Waals surface area contributed by atoms with E-state index in [2.05, 4.69) is 5.32 Å². The molecule has 0 aliphatic carbocycles. The van der Waals surface area contributed by atoms with Crippen molar-refractivity contribution in [3.8, 4) is 0 Å². The minimum absolute atomic E-state index is 0.0229. The van der Waals surface area contributed by atoms with Crippen molar-refractivity contribution in [1.29, 1.82) is 0 Å². The van der Waals surface area contributed by atoms with E-state index in [1.165, 1.54) is 4.31 Å². The van der Waals surface area contributed by atoms with Crippen LogP contribution in [0.5, 0.6) is 0 Å². The van der Waals surface area contributed by atoms with Gasteiger partial charge in [0.05, 0.1) is 5.75 Å². The van der Waals surface area contributed by atoms with E-state index in [4.69, 9.17) is 5.73 Å².